The molecule has 0 saturated carbocycles. The van der Waals surface area contributed by atoms with Crippen LogP contribution in [-0.2, 0) is 11.2 Å². The molecule has 1 unspecified atom stereocenters. The number of aromatic nitrogens is 2. The molecule has 1 aromatic heterocycles. The minimum atomic E-state index is -4.38. The van der Waals surface area contributed by atoms with Gasteiger partial charge in [-0.05, 0) is 6.92 Å². The molecule has 0 spiro atoms. The zero-order valence-electron chi connectivity index (χ0n) is 13.2. The highest BCUT2D eigenvalue weighted by atomic mass is 35.5. The van der Waals surface area contributed by atoms with Crippen molar-refractivity contribution in [2.75, 3.05) is 32.7 Å². The fourth-order valence-corrected chi connectivity index (χ4v) is 2.41. The standard InChI is InChI=1S/C13H20F3N5O2.ClH/c1-9-19-12(23-20-9)3-2-11(22)18-8-10(13(14,15)16)21-6-4-17-5-7-21;/h10,17H,2-8H2,1H3,(H,18,22);1H. The van der Waals surface area contributed by atoms with Crippen LogP contribution in [0.15, 0.2) is 4.52 Å². The first-order valence-electron chi connectivity index (χ1n) is 7.43. The third kappa shape index (κ3) is 6.25. The molecule has 2 N–H and O–H groups in total. The molecule has 1 aliphatic rings. The van der Waals surface area contributed by atoms with Crippen molar-refractivity contribution in [3.63, 3.8) is 0 Å². The summed E-state index contributed by atoms with van der Waals surface area (Å²) in [7, 11) is 0. The Hall–Kier alpha value is -1.39. The van der Waals surface area contributed by atoms with Crippen LogP contribution in [0, 0.1) is 6.92 Å². The van der Waals surface area contributed by atoms with E-state index in [4.69, 9.17) is 4.52 Å². The van der Waals surface area contributed by atoms with Gasteiger partial charge in [0.15, 0.2) is 5.82 Å². The maximum Gasteiger partial charge on any atom is 0.405 e. The maximum absolute atomic E-state index is 13.2. The van der Waals surface area contributed by atoms with Crippen LogP contribution in [-0.4, -0.2) is 65.9 Å². The molecule has 2 rings (SSSR count). The molecule has 1 amide bonds. The Bertz CT molecular complexity index is 520. The van der Waals surface area contributed by atoms with E-state index < -0.39 is 24.7 Å². The second kappa shape index (κ2) is 9.19. The molecule has 11 heteroatoms. The molecule has 0 bridgehead atoms. The van der Waals surface area contributed by atoms with Crippen molar-refractivity contribution >= 4 is 18.3 Å². The summed E-state index contributed by atoms with van der Waals surface area (Å²) in [6.45, 7) is 2.83. The Balaban J connectivity index is 0.00000288. The van der Waals surface area contributed by atoms with Gasteiger partial charge in [-0.2, -0.15) is 18.2 Å². The van der Waals surface area contributed by atoms with Gasteiger partial charge in [0, 0.05) is 45.6 Å². The van der Waals surface area contributed by atoms with Gasteiger partial charge in [-0.3, -0.25) is 9.69 Å². The first-order valence-corrected chi connectivity index (χ1v) is 7.43. The molecule has 0 radical (unpaired) electrons. The van der Waals surface area contributed by atoms with Gasteiger partial charge in [-0.1, -0.05) is 5.16 Å². The molecule has 1 aliphatic heterocycles. The molecule has 2 heterocycles. The van der Waals surface area contributed by atoms with Crippen LogP contribution < -0.4 is 10.6 Å². The second-order valence-electron chi connectivity index (χ2n) is 5.38. The fraction of sp³-hybridized carbons (Fsp3) is 0.769. The molecule has 0 aliphatic carbocycles. The third-order valence-electron chi connectivity index (χ3n) is 3.60. The average Bonchev–Trinajstić information content (AvgIpc) is 2.91. The Labute approximate surface area is 143 Å². The third-order valence-corrected chi connectivity index (χ3v) is 3.60. The van der Waals surface area contributed by atoms with E-state index in [0.717, 1.165) is 0 Å². The lowest BCUT2D eigenvalue weighted by Crippen LogP contribution is -2.57. The first kappa shape index (κ1) is 20.7. The van der Waals surface area contributed by atoms with E-state index in [0.29, 0.717) is 37.9 Å². The van der Waals surface area contributed by atoms with E-state index >= 15 is 0 Å². The molecule has 138 valence electrons. The molecule has 1 saturated heterocycles. The van der Waals surface area contributed by atoms with E-state index in [9.17, 15) is 18.0 Å². The van der Waals surface area contributed by atoms with Crippen molar-refractivity contribution in [3.8, 4) is 0 Å². The first-order chi connectivity index (χ1) is 10.9. The highest BCUT2D eigenvalue weighted by Gasteiger charge is 2.43. The molecule has 24 heavy (non-hydrogen) atoms. The number of nitrogens with one attached hydrogen (secondary N) is 2. The van der Waals surface area contributed by atoms with Gasteiger partial charge in [-0.15, -0.1) is 12.4 Å². The number of piperazine rings is 1. The number of carbonyl (C=O) groups is 1. The Kier molecular flexibility index (Phi) is 7.91. The quantitative estimate of drug-likeness (QED) is 0.765. The number of carbonyl (C=O) groups excluding carboxylic acids is 1. The van der Waals surface area contributed by atoms with Crippen LogP contribution in [0.3, 0.4) is 0 Å². The summed E-state index contributed by atoms with van der Waals surface area (Å²) < 4.78 is 44.3. The van der Waals surface area contributed by atoms with Gasteiger partial charge in [0.1, 0.15) is 6.04 Å². The predicted octanol–water partition coefficient (Wildman–Crippen LogP) is 0.685. The second-order valence-corrected chi connectivity index (χ2v) is 5.38. The molecule has 0 aromatic carbocycles. The summed E-state index contributed by atoms with van der Waals surface area (Å²) in [5, 5.41) is 8.94. The van der Waals surface area contributed by atoms with Crippen LogP contribution in [0.1, 0.15) is 18.1 Å². The maximum atomic E-state index is 13.2. The van der Waals surface area contributed by atoms with Crippen LogP contribution in [0.4, 0.5) is 13.2 Å². The number of halogens is 4. The lowest BCUT2D eigenvalue weighted by molar-refractivity contribution is -0.184. The van der Waals surface area contributed by atoms with Gasteiger partial charge in [0.05, 0.1) is 0 Å². The molecule has 1 fully saturated rings. The van der Waals surface area contributed by atoms with Crippen LogP contribution in [0.25, 0.3) is 0 Å². The number of nitrogens with zero attached hydrogens (tertiary/aromatic N) is 3. The average molecular weight is 372 g/mol. The van der Waals surface area contributed by atoms with Crippen molar-refractivity contribution in [2.45, 2.75) is 32.0 Å². The summed E-state index contributed by atoms with van der Waals surface area (Å²) >= 11 is 0. The SMILES string of the molecule is Cc1noc(CCC(=O)NCC(N2CCNCC2)C(F)(F)F)n1.Cl. The highest BCUT2D eigenvalue weighted by Crippen LogP contribution is 2.24. The van der Waals surface area contributed by atoms with Gasteiger partial charge in [0.25, 0.3) is 0 Å². The Morgan fingerprint density at radius 2 is 2.08 bits per heavy atom. The van der Waals surface area contributed by atoms with E-state index in [1.807, 2.05) is 0 Å². The lowest BCUT2D eigenvalue weighted by Gasteiger charge is -2.35. The van der Waals surface area contributed by atoms with Crippen molar-refractivity contribution in [3.05, 3.63) is 11.7 Å². The number of hydrogen-bond acceptors (Lipinski definition) is 6. The van der Waals surface area contributed by atoms with E-state index in [1.54, 1.807) is 6.92 Å². The normalized spacial score (nSPS) is 17.2. The number of amides is 1. The molecule has 7 nitrogen and oxygen atoms in total. The summed E-state index contributed by atoms with van der Waals surface area (Å²) in [6, 6.07) is -1.67. The van der Waals surface area contributed by atoms with Crippen molar-refractivity contribution in [1.29, 1.82) is 0 Å². The van der Waals surface area contributed by atoms with Crippen LogP contribution >= 0.6 is 12.4 Å². The number of aryl methyl sites for hydroxylation is 2. The zero-order valence-corrected chi connectivity index (χ0v) is 14.0. The molecule has 1 atom stereocenters. The van der Waals surface area contributed by atoms with Crippen LogP contribution in [0.5, 0.6) is 0 Å². The van der Waals surface area contributed by atoms with E-state index in [1.165, 1.54) is 4.90 Å². The topological polar surface area (TPSA) is 83.3 Å². The predicted molar refractivity (Wildman–Crippen MR) is 81.9 cm³/mol. The molecular formula is C13H21ClF3N5O2. The molecule has 1 aromatic rings. The Morgan fingerprint density at radius 1 is 1.42 bits per heavy atom. The van der Waals surface area contributed by atoms with Crippen LogP contribution in [0.2, 0.25) is 0 Å². The fourth-order valence-electron chi connectivity index (χ4n) is 2.41. The summed E-state index contributed by atoms with van der Waals surface area (Å²) in [5.41, 5.74) is 0. The number of rotatable bonds is 6. The Morgan fingerprint density at radius 3 is 2.62 bits per heavy atom. The summed E-state index contributed by atoms with van der Waals surface area (Å²) in [5.74, 6) is 0.286. The monoisotopic (exact) mass is 371 g/mol. The van der Waals surface area contributed by atoms with E-state index in [2.05, 4.69) is 20.8 Å². The summed E-state index contributed by atoms with van der Waals surface area (Å²) in [6.07, 6.45) is -4.17. The van der Waals surface area contributed by atoms with Gasteiger partial charge < -0.3 is 15.2 Å². The van der Waals surface area contributed by atoms with Gasteiger partial charge in [-0.25, -0.2) is 0 Å². The smallest absolute Gasteiger partial charge is 0.354 e. The minimum absolute atomic E-state index is 0. The number of hydrogen-bond donors (Lipinski definition) is 2. The lowest BCUT2D eigenvalue weighted by atomic mass is 10.2. The zero-order chi connectivity index (χ0) is 16.9. The van der Waals surface area contributed by atoms with Gasteiger partial charge >= 0.3 is 6.18 Å². The number of alkyl halides is 3. The summed E-state index contributed by atoms with van der Waals surface area (Å²) in [4.78, 5) is 17.0. The highest BCUT2D eigenvalue weighted by molar-refractivity contribution is 5.85. The minimum Gasteiger partial charge on any atom is -0.354 e. The van der Waals surface area contributed by atoms with Crippen molar-refractivity contribution in [2.24, 2.45) is 0 Å². The van der Waals surface area contributed by atoms with E-state index in [-0.39, 0.29) is 25.2 Å². The molecular weight excluding hydrogens is 351 g/mol. The van der Waals surface area contributed by atoms with Crippen molar-refractivity contribution < 1.29 is 22.5 Å². The van der Waals surface area contributed by atoms with Gasteiger partial charge in [0.2, 0.25) is 11.8 Å². The largest absolute Gasteiger partial charge is 0.405 e. The van der Waals surface area contributed by atoms with Crippen molar-refractivity contribution in [1.82, 2.24) is 25.7 Å².